The number of pyridine rings is 1. The van der Waals surface area contributed by atoms with E-state index in [4.69, 9.17) is 19.8 Å². The molecule has 0 aromatic carbocycles. The Morgan fingerprint density at radius 2 is 1.70 bits per heavy atom. The highest BCUT2D eigenvalue weighted by Crippen LogP contribution is 2.39. The molecule has 3 heterocycles. The summed E-state index contributed by atoms with van der Waals surface area (Å²) in [5.74, 6) is -0.518. The molecular weight excluding hydrogens is 350 g/mol. The van der Waals surface area contributed by atoms with Crippen molar-refractivity contribution in [3.05, 3.63) is 29.1 Å². The maximum absolute atomic E-state index is 12.7. The Balaban J connectivity index is 0.000000281. The van der Waals surface area contributed by atoms with Crippen molar-refractivity contribution in [3.8, 4) is 0 Å². The summed E-state index contributed by atoms with van der Waals surface area (Å²) in [7, 11) is 0. The Labute approximate surface area is 158 Å². The molecule has 0 radical (unpaired) electrons. The molecule has 0 unspecified atom stereocenters. The minimum Gasteiger partial charge on any atom is -0.481 e. The van der Waals surface area contributed by atoms with Crippen molar-refractivity contribution in [1.82, 2.24) is 15.2 Å². The molecule has 1 aromatic heterocycles. The van der Waals surface area contributed by atoms with Gasteiger partial charge in [-0.05, 0) is 49.4 Å². The summed E-state index contributed by atoms with van der Waals surface area (Å²) in [4.78, 5) is 37.1. The van der Waals surface area contributed by atoms with Crippen molar-refractivity contribution in [2.45, 2.75) is 52.7 Å². The third kappa shape index (κ3) is 5.50. The first-order valence-electron chi connectivity index (χ1n) is 9.04. The fourth-order valence-electron chi connectivity index (χ4n) is 3.98. The molecule has 1 aromatic rings. The number of rotatable bonds is 1. The maximum atomic E-state index is 12.7. The fraction of sp³-hybridized carbons (Fsp3) is 0.579. The largest absolute Gasteiger partial charge is 0.481 e. The Hall–Kier alpha value is -2.48. The van der Waals surface area contributed by atoms with Crippen molar-refractivity contribution < 1.29 is 24.6 Å². The lowest BCUT2D eigenvalue weighted by molar-refractivity contribution is -0.137. The molecule has 1 saturated carbocycles. The quantitative estimate of drug-likeness (QED) is 0.677. The molecule has 2 bridgehead atoms. The van der Waals surface area contributed by atoms with E-state index in [0.717, 1.165) is 39.2 Å². The van der Waals surface area contributed by atoms with Gasteiger partial charge < -0.3 is 20.4 Å². The van der Waals surface area contributed by atoms with E-state index < -0.39 is 11.9 Å². The molecule has 2 aliphatic heterocycles. The van der Waals surface area contributed by atoms with Crippen LogP contribution in [0.5, 0.6) is 0 Å². The van der Waals surface area contributed by atoms with Crippen LogP contribution in [0.25, 0.3) is 0 Å². The molecule has 3 atom stereocenters. The van der Waals surface area contributed by atoms with Crippen LogP contribution in [0.4, 0.5) is 0 Å². The number of amides is 1. The van der Waals surface area contributed by atoms with E-state index >= 15 is 0 Å². The van der Waals surface area contributed by atoms with E-state index in [0.29, 0.717) is 17.9 Å². The number of aromatic nitrogens is 1. The lowest BCUT2D eigenvalue weighted by Gasteiger charge is -2.22. The van der Waals surface area contributed by atoms with Gasteiger partial charge in [0.2, 0.25) is 5.91 Å². The number of carbonyl (C=O) groups excluding carboxylic acids is 1. The molecular formula is C19H27N3O5. The molecule has 1 saturated heterocycles. The Bertz CT molecular complexity index is 681. The first kappa shape index (κ1) is 20.8. The van der Waals surface area contributed by atoms with Gasteiger partial charge in [0.1, 0.15) is 0 Å². The normalized spacial score (nSPS) is 24.3. The summed E-state index contributed by atoms with van der Waals surface area (Å²) in [5.41, 5.74) is 3.53. The highest BCUT2D eigenvalue weighted by Gasteiger charge is 2.47. The van der Waals surface area contributed by atoms with E-state index in [1.54, 1.807) is 0 Å². The molecule has 8 nitrogen and oxygen atoms in total. The van der Waals surface area contributed by atoms with Crippen molar-refractivity contribution in [1.29, 1.82) is 0 Å². The van der Waals surface area contributed by atoms with Crippen LogP contribution in [-0.4, -0.2) is 50.5 Å². The minimum atomic E-state index is -0.833. The first-order chi connectivity index (χ1) is 12.7. The number of carbonyl (C=O) groups is 3. The highest BCUT2D eigenvalue weighted by atomic mass is 16.4. The predicted molar refractivity (Wildman–Crippen MR) is 97.9 cm³/mol. The van der Waals surface area contributed by atoms with Gasteiger partial charge in [0, 0.05) is 44.9 Å². The lowest BCUT2D eigenvalue weighted by atomic mass is 9.97. The summed E-state index contributed by atoms with van der Waals surface area (Å²) >= 11 is 0. The second kappa shape index (κ2) is 8.94. The zero-order chi connectivity index (χ0) is 20.1. The monoisotopic (exact) mass is 377 g/mol. The van der Waals surface area contributed by atoms with Crippen molar-refractivity contribution in [2.24, 2.45) is 11.8 Å². The summed E-state index contributed by atoms with van der Waals surface area (Å²) < 4.78 is 0. The number of carboxylic acid groups (broad SMARTS) is 2. The average Bonchev–Trinajstić information content (AvgIpc) is 3.26. The number of aliphatic carboxylic acids is 2. The van der Waals surface area contributed by atoms with Gasteiger partial charge in [-0.15, -0.1) is 0 Å². The smallest absolute Gasteiger partial charge is 0.300 e. The summed E-state index contributed by atoms with van der Waals surface area (Å²) in [5, 5.41) is 18.3. The molecule has 8 heteroatoms. The molecule has 1 aliphatic carbocycles. The fourth-order valence-corrected chi connectivity index (χ4v) is 3.98. The second-order valence-corrected chi connectivity index (χ2v) is 7.20. The average molecular weight is 377 g/mol. The lowest BCUT2D eigenvalue weighted by Crippen LogP contribution is -2.37. The number of fused-ring (bicyclic) bond motifs is 3. The Morgan fingerprint density at radius 3 is 2.19 bits per heavy atom. The van der Waals surface area contributed by atoms with E-state index in [2.05, 4.69) is 16.4 Å². The number of carboxylic acids is 2. The number of hydrogen-bond acceptors (Lipinski definition) is 5. The topological polar surface area (TPSA) is 120 Å². The van der Waals surface area contributed by atoms with Crippen LogP contribution in [-0.2, 0) is 27.5 Å². The van der Waals surface area contributed by atoms with E-state index in [1.165, 1.54) is 24.0 Å². The van der Waals surface area contributed by atoms with Gasteiger partial charge >= 0.3 is 0 Å². The number of nitrogens with zero attached hydrogens (tertiary/aromatic N) is 2. The Morgan fingerprint density at radius 1 is 1.11 bits per heavy atom. The zero-order valence-electron chi connectivity index (χ0n) is 15.9. The van der Waals surface area contributed by atoms with Crippen LogP contribution in [0.15, 0.2) is 12.3 Å². The van der Waals surface area contributed by atoms with Gasteiger partial charge in [-0.2, -0.15) is 0 Å². The SMILES string of the molecule is CC(=O)O.CC(=O)O.Cc1cc2c(cn1)CN(C(=O)[C@@H]1[C@H]3CC[C@@H]1NC3)C2. The Kier molecular flexibility index (Phi) is 6.90. The van der Waals surface area contributed by atoms with E-state index in [-0.39, 0.29) is 5.92 Å². The molecule has 4 rings (SSSR count). The molecule has 148 valence electrons. The molecule has 2 fully saturated rings. The zero-order valence-corrected chi connectivity index (χ0v) is 15.9. The number of nitrogens with one attached hydrogen (secondary N) is 1. The van der Waals surface area contributed by atoms with Crippen molar-refractivity contribution >= 4 is 17.8 Å². The standard InChI is InChI=1S/C15H19N3O.2C2H4O2/c1-9-4-11-7-18(8-12(11)6-16-9)15(19)14-10-2-3-13(14)17-5-10;2*1-2(3)4/h4,6,10,13-14,17H,2-3,5,7-8H2,1H3;2*1H3,(H,3,4)/t10-,13-,14+;;/m0../s1. The maximum Gasteiger partial charge on any atom is 0.300 e. The highest BCUT2D eigenvalue weighted by molar-refractivity contribution is 5.81. The van der Waals surface area contributed by atoms with Gasteiger partial charge in [-0.25, -0.2) is 0 Å². The third-order valence-electron chi connectivity index (χ3n) is 4.97. The van der Waals surface area contributed by atoms with Crippen molar-refractivity contribution in [2.75, 3.05) is 6.54 Å². The van der Waals surface area contributed by atoms with Gasteiger partial charge in [-0.3, -0.25) is 19.4 Å². The van der Waals surface area contributed by atoms with Gasteiger partial charge in [0.05, 0.1) is 5.92 Å². The first-order valence-corrected chi connectivity index (χ1v) is 9.04. The van der Waals surface area contributed by atoms with Crippen LogP contribution < -0.4 is 5.32 Å². The van der Waals surface area contributed by atoms with Gasteiger partial charge in [0.25, 0.3) is 11.9 Å². The number of aryl methyl sites for hydroxylation is 1. The van der Waals surface area contributed by atoms with E-state index in [1.807, 2.05) is 18.0 Å². The van der Waals surface area contributed by atoms with Gasteiger partial charge in [0.15, 0.2) is 0 Å². The molecule has 3 aliphatic rings. The van der Waals surface area contributed by atoms with Crippen molar-refractivity contribution in [3.63, 3.8) is 0 Å². The molecule has 1 amide bonds. The summed E-state index contributed by atoms with van der Waals surface area (Å²) in [6, 6.07) is 2.55. The second-order valence-electron chi connectivity index (χ2n) is 7.20. The van der Waals surface area contributed by atoms with Gasteiger partial charge in [-0.1, -0.05) is 0 Å². The predicted octanol–water partition coefficient (Wildman–Crippen LogP) is 1.41. The number of piperidine rings is 1. The third-order valence-corrected chi connectivity index (χ3v) is 4.97. The summed E-state index contributed by atoms with van der Waals surface area (Å²) in [6.45, 7) is 6.72. The van der Waals surface area contributed by atoms with E-state index in [9.17, 15) is 4.79 Å². The molecule has 0 spiro atoms. The van der Waals surface area contributed by atoms with Crippen LogP contribution in [0.3, 0.4) is 0 Å². The molecule has 3 N–H and O–H groups in total. The van der Waals surface area contributed by atoms with Crippen LogP contribution in [0.1, 0.15) is 43.5 Å². The van der Waals surface area contributed by atoms with Crippen LogP contribution >= 0.6 is 0 Å². The number of hydrogen-bond donors (Lipinski definition) is 3. The summed E-state index contributed by atoms with van der Waals surface area (Å²) in [6.07, 6.45) is 4.32. The van der Waals surface area contributed by atoms with Crippen LogP contribution in [0, 0.1) is 18.8 Å². The molecule has 27 heavy (non-hydrogen) atoms. The van der Waals surface area contributed by atoms with Crippen LogP contribution in [0.2, 0.25) is 0 Å². The minimum absolute atomic E-state index is 0.225.